The molecule has 0 spiro atoms. The monoisotopic (exact) mass is 286 g/mol. The first-order valence-corrected chi connectivity index (χ1v) is 7.18. The average Bonchev–Trinajstić information content (AvgIpc) is 2.86. The van der Waals surface area contributed by atoms with Crippen molar-refractivity contribution in [1.82, 2.24) is 19.2 Å². The lowest BCUT2D eigenvalue weighted by Gasteiger charge is -2.07. The second-order valence-electron chi connectivity index (χ2n) is 4.75. The summed E-state index contributed by atoms with van der Waals surface area (Å²) in [6.07, 6.45) is 0. The molecule has 3 aromatic rings. The van der Waals surface area contributed by atoms with Crippen LogP contribution in [0, 0.1) is 0 Å². The first-order valence-electron chi connectivity index (χ1n) is 6.19. The second-order valence-corrected chi connectivity index (χ2v) is 5.69. The Balaban J connectivity index is 2.35. The molecule has 102 valence electrons. The van der Waals surface area contributed by atoms with Gasteiger partial charge in [-0.1, -0.05) is 36.0 Å². The lowest BCUT2D eigenvalue weighted by atomic mass is 10.2. The van der Waals surface area contributed by atoms with Gasteiger partial charge in [0.1, 0.15) is 0 Å². The molecule has 0 fully saturated rings. The van der Waals surface area contributed by atoms with E-state index in [0.29, 0.717) is 11.2 Å². The maximum atomic E-state index is 12.3. The Hall–Kier alpha value is -2.08. The van der Waals surface area contributed by atoms with Crippen LogP contribution in [0.25, 0.3) is 16.7 Å². The van der Waals surface area contributed by atoms with Crippen LogP contribution in [0.2, 0.25) is 0 Å². The number of thioether (sulfide) groups is 1. The van der Waals surface area contributed by atoms with E-state index < -0.39 is 0 Å². The van der Waals surface area contributed by atoms with Crippen molar-refractivity contribution >= 4 is 28.4 Å². The number of fused-ring (bicyclic) bond motifs is 3. The van der Waals surface area contributed by atoms with Crippen LogP contribution in [0.5, 0.6) is 0 Å². The summed E-state index contributed by atoms with van der Waals surface area (Å²) in [5, 5.41) is 9.77. The van der Waals surface area contributed by atoms with Crippen molar-refractivity contribution in [3.8, 4) is 0 Å². The lowest BCUT2D eigenvalue weighted by Crippen LogP contribution is -2.20. The van der Waals surface area contributed by atoms with E-state index in [9.17, 15) is 4.79 Å². The SMILES string of the molecule is C=C(C)CSc1nnc2n(C)c(=O)c3ccccc3n12. The predicted molar refractivity (Wildman–Crippen MR) is 81.3 cm³/mol. The summed E-state index contributed by atoms with van der Waals surface area (Å²) in [7, 11) is 1.71. The van der Waals surface area contributed by atoms with E-state index in [0.717, 1.165) is 22.0 Å². The summed E-state index contributed by atoms with van der Waals surface area (Å²) in [4.78, 5) is 12.3. The van der Waals surface area contributed by atoms with Crippen LogP contribution in [-0.2, 0) is 7.05 Å². The fourth-order valence-electron chi connectivity index (χ4n) is 2.09. The van der Waals surface area contributed by atoms with Gasteiger partial charge in [0, 0.05) is 12.8 Å². The first kappa shape index (κ1) is 12.9. The Labute approximate surface area is 119 Å². The summed E-state index contributed by atoms with van der Waals surface area (Å²) in [5.41, 5.74) is 1.85. The maximum absolute atomic E-state index is 12.3. The summed E-state index contributed by atoms with van der Waals surface area (Å²) in [6, 6.07) is 7.51. The van der Waals surface area contributed by atoms with Crippen molar-refractivity contribution in [2.24, 2.45) is 7.05 Å². The number of hydrogen-bond donors (Lipinski definition) is 0. The van der Waals surface area contributed by atoms with Crippen LogP contribution in [-0.4, -0.2) is 24.9 Å². The molecular formula is C14H14N4OS. The lowest BCUT2D eigenvalue weighted by molar-refractivity contribution is 0.853. The third kappa shape index (κ3) is 1.92. The summed E-state index contributed by atoms with van der Waals surface area (Å²) >= 11 is 1.57. The zero-order valence-corrected chi connectivity index (χ0v) is 12.1. The average molecular weight is 286 g/mol. The number of aromatic nitrogens is 4. The highest BCUT2D eigenvalue weighted by molar-refractivity contribution is 7.99. The molecule has 0 N–H and O–H groups in total. The predicted octanol–water partition coefficient (Wildman–Crippen LogP) is 2.25. The van der Waals surface area contributed by atoms with Gasteiger partial charge in [-0.2, -0.15) is 0 Å². The van der Waals surface area contributed by atoms with Crippen molar-refractivity contribution in [3.05, 3.63) is 46.8 Å². The minimum absolute atomic E-state index is 0.0584. The molecule has 0 saturated carbocycles. The molecular weight excluding hydrogens is 272 g/mol. The Morgan fingerprint density at radius 1 is 1.35 bits per heavy atom. The smallest absolute Gasteiger partial charge is 0.262 e. The van der Waals surface area contributed by atoms with E-state index in [-0.39, 0.29) is 5.56 Å². The fraction of sp³-hybridized carbons (Fsp3) is 0.214. The number of benzene rings is 1. The largest absolute Gasteiger partial charge is 0.279 e. The molecule has 20 heavy (non-hydrogen) atoms. The van der Waals surface area contributed by atoms with Gasteiger partial charge in [-0.3, -0.25) is 13.8 Å². The third-order valence-corrected chi connectivity index (χ3v) is 4.20. The van der Waals surface area contributed by atoms with Gasteiger partial charge in [0.2, 0.25) is 5.78 Å². The summed E-state index contributed by atoms with van der Waals surface area (Å²) < 4.78 is 3.45. The zero-order chi connectivity index (χ0) is 14.3. The zero-order valence-electron chi connectivity index (χ0n) is 11.3. The van der Waals surface area contributed by atoms with Gasteiger partial charge in [-0.05, 0) is 19.1 Å². The van der Waals surface area contributed by atoms with Gasteiger partial charge in [0.25, 0.3) is 5.56 Å². The van der Waals surface area contributed by atoms with Crippen molar-refractivity contribution in [2.75, 3.05) is 5.75 Å². The van der Waals surface area contributed by atoms with E-state index in [4.69, 9.17) is 0 Å². The van der Waals surface area contributed by atoms with Crippen LogP contribution >= 0.6 is 11.8 Å². The second kappa shape index (κ2) is 4.79. The topological polar surface area (TPSA) is 52.2 Å². The fourth-order valence-corrected chi connectivity index (χ4v) is 2.88. The molecule has 0 bridgehead atoms. The van der Waals surface area contributed by atoms with Gasteiger partial charge in [-0.25, -0.2) is 0 Å². The van der Waals surface area contributed by atoms with Gasteiger partial charge in [0.05, 0.1) is 10.9 Å². The Kier molecular flexibility index (Phi) is 3.10. The minimum atomic E-state index is -0.0584. The summed E-state index contributed by atoms with van der Waals surface area (Å²) in [6.45, 7) is 5.87. The molecule has 0 atom stereocenters. The Morgan fingerprint density at radius 2 is 2.10 bits per heavy atom. The molecule has 1 aromatic carbocycles. The molecule has 2 aromatic heterocycles. The molecule has 5 nitrogen and oxygen atoms in total. The van der Waals surface area contributed by atoms with Crippen molar-refractivity contribution in [2.45, 2.75) is 12.1 Å². The van der Waals surface area contributed by atoms with Crippen molar-refractivity contribution in [3.63, 3.8) is 0 Å². The minimum Gasteiger partial charge on any atom is -0.279 e. The molecule has 0 unspecified atom stereocenters. The van der Waals surface area contributed by atoms with Crippen LogP contribution < -0.4 is 5.56 Å². The van der Waals surface area contributed by atoms with Crippen LogP contribution in [0.1, 0.15) is 6.92 Å². The highest BCUT2D eigenvalue weighted by atomic mass is 32.2. The number of para-hydroxylation sites is 1. The molecule has 2 heterocycles. The number of rotatable bonds is 3. The van der Waals surface area contributed by atoms with E-state index in [2.05, 4.69) is 16.8 Å². The Morgan fingerprint density at radius 3 is 2.85 bits per heavy atom. The van der Waals surface area contributed by atoms with Crippen LogP contribution in [0.15, 0.2) is 46.4 Å². The highest BCUT2D eigenvalue weighted by Crippen LogP contribution is 2.22. The van der Waals surface area contributed by atoms with Crippen LogP contribution in [0.3, 0.4) is 0 Å². The standard InChI is InChI=1S/C14H14N4OS/c1-9(2)8-20-14-16-15-13-17(3)12(19)10-6-4-5-7-11(10)18(13)14/h4-7H,1,8H2,2-3H3. The molecule has 6 heteroatoms. The molecule has 0 aliphatic carbocycles. The van der Waals surface area contributed by atoms with Gasteiger partial charge < -0.3 is 0 Å². The summed E-state index contributed by atoms with van der Waals surface area (Å²) in [5.74, 6) is 1.33. The van der Waals surface area contributed by atoms with E-state index in [1.807, 2.05) is 35.6 Å². The molecule has 0 saturated heterocycles. The van der Waals surface area contributed by atoms with E-state index in [1.165, 1.54) is 4.57 Å². The molecule has 0 amide bonds. The van der Waals surface area contributed by atoms with Gasteiger partial charge in [-0.15, -0.1) is 10.2 Å². The molecule has 0 aliphatic rings. The first-order chi connectivity index (χ1) is 9.59. The maximum Gasteiger partial charge on any atom is 0.262 e. The van der Waals surface area contributed by atoms with Crippen LogP contribution in [0.4, 0.5) is 0 Å². The normalized spacial score (nSPS) is 11.3. The molecule has 0 aliphatic heterocycles. The van der Waals surface area contributed by atoms with Crippen molar-refractivity contribution in [1.29, 1.82) is 0 Å². The number of hydrogen-bond acceptors (Lipinski definition) is 4. The quantitative estimate of drug-likeness (QED) is 0.547. The molecule has 0 radical (unpaired) electrons. The van der Waals surface area contributed by atoms with E-state index in [1.54, 1.807) is 18.8 Å². The highest BCUT2D eigenvalue weighted by Gasteiger charge is 2.14. The van der Waals surface area contributed by atoms with Gasteiger partial charge >= 0.3 is 0 Å². The van der Waals surface area contributed by atoms with Crippen molar-refractivity contribution < 1.29 is 0 Å². The Bertz CT molecular complexity index is 878. The van der Waals surface area contributed by atoms with Gasteiger partial charge in [0.15, 0.2) is 5.16 Å². The third-order valence-electron chi connectivity index (χ3n) is 3.04. The number of aryl methyl sites for hydroxylation is 1. The molecule has 3 rings (SSSR count). The number of nitrogens with zero attached hydrogens (tertiary/aromatic N) is 4. The van der Waals surface area contributed by atoms with E-state index >= 15 is 0 Å².